The molecule has 0 fully saturated rings. The van der Waals surface area contributed by atoms with Crippen molar-refractivity contribution in [3.63, 3.8) is 0 Å². The maximum Gasteiger partial charge on any atom is 0.326 e. The highest BCUT2D eigenvalue weighted by Gasteiger charge is 2.26. The Morgan fingerprint density at radius 3 is 2.24 bits per heavy atom. The first kappa shape index (κ1) is 15.7. The minimum absolute atomic E-state index is 0.0724. The zero-order valence-electron chi connectivity index (χ0n) is 11.2. The molecule has 0 aliphatic rings. The van der Waals surface area contributed by atoms with E-state index < -0.39 is 12.0 Å². The summed E-state index contributed by atoms with van der Waals surface area (Å²) in [6.45, 7) is 8.85. The van der Waals surface area contributed by atoms with Gasteiger partial charge in [0.2, 0.25) is 0 Å². The van der Waals surface area contributed by atoms with Crippen molar-refractivity contribution in [3.05, 3.63) is 0 Å². The van der Waals surface area contributed by atoms with Crippen LogP contribution < -0.4 is 5.32 Å². The van der Waals surface area contributed by atoms with Crippen molar-refractivity contribution in [2.24, 2.45) is 5.92 Å². The Morgan fingerprint density at radius 2 is 1.88 bits per heavy atom. The number of carbonyl (C=O) groups is 2. The first-order chi connectivity index (χ1) is 7.97. The average Bonchev–Trinajstić information content (AvgIpc) is 2.31. The summed E-state index contributed by atoms with van der Waals surface area (Å²) in [6.07, 6.45) is 1.58. The molecule has 0 aromatic heterocycles. The fraction of sp³-hybridized carbons (Fsp3) is 0.833. The van der Waals surface area contributed by atoms with Crippen molar-refractivity contribution in [1.82, 2.24) is 10.2 Å². The standard InChI is InChI=1S/C12H24N2O3/c1-5-8-14(7-3)12(17)13-10(11(15)16)9(4)6-2/h9-10H,5-8H2,1-4H3,(H,13,17)(H,15,16)/t9-,10-/m0/s1. The number of urea groups is 1. The summed E-state index contributed by atoms with van der Waals surface area (Å²) in [4.78, 5) is 24.5. The van der Waals surface area contributed by atoms with E-state index in [0.29, 0.717) is 13.1 Å². The molecule has 2 atom stereocenters. The molecular weight excluding hydrogens is 220 g/mol. The second kappa shape index (κ2) is 7.92. The number of amides is 2. The molecule has 2 N–H and O–H groups in total. The van der Waals surface area contributed by atoms with Gasteiger partial charge in [0.1, 0.15) is 6.04 Å². The van der Waals surface area contributed by atoms with Crippen molar-refractivity contribution < 1.29 is 14.7 Å². The predicted molar refractivity (Wildman–Crippen MR) is 66.9 cm³/mol. The van der Waals surface area contributed by atoms with Gasteiger partial charge in [-0.25, -0.2) is 9.59 Å². The Hall–Kier alpha value is -1.26. The molecule has 5 heteroatoms. The first-order valence-electron chi connectivity index (χ1n) is 6.26. The van der Waals surface area contributed by atoms with Crippen molar-refractivity contribution >= 4 is 12.0 Å². The number of nitrogens with zero attached hydrogens (tertiary/aromatic N) is 1. The van der Waals surface area contributed by atoms with E-state index >= 15 is 0 Å². The SMILES string of the molecule is CCCN(CC)C(=O)N[C@H](C(=O)O)[C@@H](C)CC. The van der Waals surface area contributed by atoms with Crippen LogP contribution in [0.3, 0.4) is 0 Å². The zero-order valence-corrected chi connectivity index (χ0v) is 11.2. The highest BCUT2D eigenvalue weighted by Crippen LogP contribution is 2.08. The Labute approximate surface area is 103 Å². The summed E-state index contributed by atoms with van der Waals surface area (Å²) in [5.74, 6) is -1.04. The van der Waals surface area contributed by atoms with Crippen LogP contribution in [0.4, 0.5) is 4.79 Å². The van der Waals surface area contributed by atoms with Crippen LogP contribution in [0.15, 0.2) is 0 Å². The summed E-state index contributed by atoms with van der Waals surface area (Å²) >= 11 is 0. The number of carboxylic acids is 1. The number of carbonyl (C=O) groups excluding carboxylic acids is 1. The van der Waals surface area contributed by atoms with E-state index in [1.165, 1.54) is 0 Å². The minimum Gasteiger partial charge on any atom is -0.480 e. The van der Waals surface area contributed by atoms with Gasteiger partial charge in [-0.05, 0) is 19.3 Å². The molecule has 0 aromatic carbocycles. The lowest BCUT2D eigenvalue weighted by atomic mass is 9.99. The second-order valence-electron chi connectivity index (χ2n) is 4.23. The van der Waals surface area contributed by atoms with E-state index in [1.807, 2.05) is 27.7 Å². The molecule has 2 amide bonds. The normalized spacial score (nSPS) is 13.9. The predicted octanol–water partition coefficient (Wildman–Crippen LogP) is 1.93. The third-order valence-corrected chi connectivity index (χ3v) is 2.92. The van der Waals surface area contributed by atoms with Gasteiger partial charge >= 0.3 is 12.0 Å². The molecule has 0 heterocycles. The molecule has 100 valence electrons. The second-order valence-corrected chi connectivity index (χ2v) is 4.23. The van der Waals surface area contributed by atoms with Crippen LogP contribution in [0.25, 0.3) is 0 Å². The lowest BCUT2D eigenvalue weighted by Crippen LogP contribution is -2.50. The summed E-state index contributed by atoms with van der Waals surface area (Å²) < 4.78 is 0. The molecule has 0 radical (unpaired) electrons. The third-order valence-electron chi connectivity index (χ3n) is 2.92. The quantitative estimate of drug-likeness (QED) is 0.719. The van der Waals surface area contributed by atoms with Crippen LogP contribution in [0, 0.1) is 5.92 Å². The van der Waals surface area contributed by atoms with E-state index in [1.54, 1.807) is 4.90 Å². The molecule has 0 aromatic rings. The van der Waals surface area contributed by atoms with Gasteiger partial charge < -0.3 is 15.3 Å². The molecule has 5 nitrogen and oxygen atoms in total. The average molecular weight is 244 g/mol. The summed E-state index contributed by atoms with van der Waals surface area (Å²) in [5, 5.41) is 11.7. The van der Waals surface area contributed by atoms with Gasteiger partial charge in [0, 0.05) is 13.1 Å². The van der Waals surface area contributed by atoms with Crippen LogP contribution in [0.5, 0.6) is 0 Å². The topological polar surface area (TPSA) is 69.6 Å². The number of rotatable bonds is 7. The third kappa shape index (κ3) is 5.06. The molecule has 0 saturated heterocycles. The molecule has 0 bridgehead atoms. The van der Waals surface area contributed by atoms with Crippen LogP contribution in [-0.4, -0.2) is 41.1 Å². The molecule has 0 unspecified atom stereocenters. The highest BCUT2D eigenvalue weighted by molar-refractivity contribution is 5.82. The fourth-order valence-electron chi connectivity index (χ4n) is 1.58. The molecule has 0 aliphatic heterocycles. The van der Waals surface area contributed by atoms with Crippen LogP contribution in [-0.2, 0) is 4.79 Å². The van der Waals surface area contributed by atoms with Gasteiger partial charge in [0.25, 0.3) is 0 Å². The lowest BCUT2D eigenvalue weighted by molar-refractivity contribution is -0.140. The van der Waals surface area contributed by atoms with Crippen molar-refractivity contribution in [1.29, 1.82) is 0 Å². The maximum atomic E-state index is 11.9. The maximum absolute atomic E-state index is 11.9. The highest BCUT2D eigenvalue weighted by atomic mass is 16.4. The summed E-state index contributed by atoms with van der Waals surface area (Å²) in [5.41, 5.74) is 0. The fourth-order valence-corrected chi connectivity index (χ4v) is 1.58. The van der Waals surface area contributed by atoms with Gasteiger partial charge in [0.05, 0.1) is 0 Å². The molecular formula is C12H24N2O3. The molecule has 0 spiro atoms. The Morgan fingerprint density at radius 1 is 1.29 bits per heavy atom. The van der Waals surface area contributed by atoms with Crippen LogP contribution in [0.2, 0.25) is 0 Å². The monoisotopic (exact) mass is 244 g/mol. The largest absolute Gasteiger partial charge is 0.480 e. The molecule has 0 rings (SSSR count). The van der Waals surface area contributed by atoms with Crippen molar-refractivity contribution in [2.45, 2.75) is 46.6 Å². The van der Waals surface area contributed by atoms with E-state index in [2.05, 4.69) is 5.32 Å². The Kier molecular flexibility index (Phi) is 7.34. The number of carboxylic acid groups (broad SMARTS) is 1. The lowest BCUT2D eigenvalue weighted by Gasteiger charge is -2.26. The van der Waals surface area contributed by atoms with E-state index in [4.69, 9.17) is 5.11 Å². The molecule has 0 aliphatic carbocycles. The summed E-state index contributed by atoms with van der Waals surface area (Å²) in [6, 6.07) is -1.10. The first-order valence-corrected chi connectivity index (χ1v) is 6.26. The van der Waals surface area contributed by atoms with Gasteiger partial charge in [0.15, 0.2) is 0 Å². The van der Waals surface area contributed by atoms with Crippen molar-refractivity contribution in [3.8, 4) is 0 Å². The molecule has 17 heavy (non-hydrogen) atoms. The number of nitrogens with one attached hydrogen (secondary N) is 1. The van der Waals surface area contributed by atoms with Gasteiger partial charge in [-0.1, -0.05) is 27.2 Å². The van der Waals surface area contributed by atoms with Crippen LogP contribution >= 0.6 is 0 Å². The van der Waals surface area contributed by atoms with Crippen molar-refractivity contribution in [2.75, 3.05) is 13.1 Å². The zero-order chi connectivity index (χ0) is 13.4. The Balaban J connectivity index is 4.53. The number of aliphatic carboxylic acids is 1. The minimum atomic E-state index is -0.972. The van der Waals surface area contributed by atoms with Crippen LogP contribution in [0.1, 0.15) is 40.5 Å². The van der Waals surface area contributed by atoms with Gasteiger partial charge in [-0.2, -0.15) is 0 Å². The smallest absolute Gasteiger partial charge is 0.326 e. The number of hydrogen-bond donors (Lipinski definition) is 2. The summed E-state index contributed by atoms with van der Waals surface area (Å²) in [7, 11) is 0. The van der Waals surface area contributed by atoms with E-state index in [0.717, 1.165) is 12.8 Å². The van der Waals surface area contributed by atoms with E-state index in [-0.39, 0.29) is 11.9 Å². The van der Waals surface area contributed by atoms with Gasteiger partial charge in [-0.15, -0.1) is 0 Å². The van der Waals surface area contributed by atoms with E-state index in [9.17, 15) is 9.59 Å². The Bertz CT molecular complexity index is 256. The molecule has 0 saturated carbocycles. The van der Waals surface area contributed by atoms with Gasteiger partial charge in [-0.3, -0.25) is 0 Å². The number of hydrogen-bond acceptors (Lipinski definition) is 2.